The van der Waals surface area contributed by atoms with E-state index in [1.165, 1.54) is 257 Å². The summed E-state index contributed by atoms with van der Waals surface area (Å²) in [7, 11) is 0. The second-order valence-electron chi connectivity index (χ2n) is 24.5. The fourth-order valence-electron chi connectivity index (χ4n) is 10.8. The molecule has 0 spiro atoms. The number of carbonyl (C=O) groups excluding carboxylic acids is 3. The molecule has 0 aromatic carbocycles. The zero-order valence-corrected chi connectivity index (χ0v) is 55.0. The highest BCUT2D eigenvalue weighted by molar-refractivity contribution is 5.71. The van der Waals surface area contributed by atoms with Crippen LogP contribution in [0.3, 0.4) is 0 Å². The van der Waals surface area contributed by atoms with E-state index in [2.05, 4.69) is 81.5 Å². The third kappa shape index (κ3) is 67.9. The molecular formula is C76H138O6. The van der Waals surface area contributed by atoms with Crippen LogP contribution in [0.1, 0.15) is 387 Å². The molecule has 0 aromatic rings. The number of hydrogen-bond donors (Lipinski definition) is 0. The summed E-state index contributed by atoms with van der Waals surface area (Å²) in [4.78, 5) is 38.4. The highest BCUT2D eigenvalue weighted by atomic mass is 16.6. The minimum atomic E-state index is -0.773. The second kappa shape index (κ2) is 70.6. The van der Waals surface area contributed by atoms with Gasteiger partial charge in [0.25, 0.3) is 0 Å². The predicted molar refractivity (Wildman–Crippen MR) is 358 cm³/mol. The van der Waals surface area contributed by atoms with Crippen LogP contribution in [-0.4, -0.2) is 37.2 Å². The van der Waals surface area contributed by atoms with E-state index >= 15 is 0 Å². The van der Waals surface area contributed by atoms with Gasteiger partial charge in [0.1, 0.15) is 13.2 Å². The number of unbranched alkanes of at least 4 members (excludes halogenated alkanes) is 46. The van der Waals surface area contributed by atoms with Crippen molar-refractivity contribution in [2.45, 2.75) is 393 Å². The average Bonchev–Trinajstić information content (AvgIpc) is 3.47. The first-order chi connectivity index (χ1) is 40.5. The number of allylic oxidation sites excluding steroid dienone is 10. The standard InChI is InChI=1S/C76H138O6/c1-4-7-10-13-16-19-22-25-27-29-30-31-32-33-34-35-36-37-38-39-40-41-42-43-44-45-46-47-49-51-54-57-60-63-66-69-75(78)81-72-73(71-80-74(77)68-65-62-59-56-53-50-24-21-18-15-12-9-6-3)82-76(79)70-67-64-61-58-55-52-48-28-26-23-20-17-14-11-8-5-2/h7,10,16,19,21,24-25,27,30-31,73H,4-6,8-9,11-15,17-18,20,22-23,26,28-29,32-72H2,1-3H3/b10-7-,19-16-,24-21-,27-25-,31-30-. The Kier molecular flexibility index (Phi) is 68.1. The van der Waals surface area contributed by atoms with Crippen molar-refractivity contribution in [2.75, 3.05) is 13.2 Å². The molecule has 0 radical (unpaired) electrons. The molecule has 0 heterocycles. The topological polar surface area (TPSA) is 78.9 Å². The normalized spacial score (nSPS) is 12.4. The first-order valence-corrected chi connectivity index (χ1v) is 36.3. The van der Waals surface area contributed by atoms with Crippen molar-refractivity contribution in [3.63, 3.8) is 0 Å². The molecule has 0 fully saturated rings. The molecule has 478 valence electrons. The van der Waals surface area contributed by atoms with Gasteiger partial charge in [-0.25, -0.2) is 0 Å². The smallest absolute Gasteiger partial charge is 0.306 e. The molecule has 0 aliphatic carbocycles. The summed E-state index contributed by atoms with van der Waals surface area (Å²) < 4.78 is 17.0. The van der Waals surface area contributed by atoms with Gasteiger partial charge in [-0.05, 0) is 83.5 Å². The quantitative estimate of drug-likeness (QED) is 0.0261. The van der Waals surface area contributed by atoms with Crippen LogP contribution in [0, 0.1) is 0 Å². The maximum absolute atomic E-state index is 12.9. The Morgan fingerprint density at radius 3 is 0.768 bits per heavy atom. The van der Waals surface area contributed by atoms with Crippen LogP contribution in [-0.2, 0) is 28.6 Å². The van der Waals surface area contributed by atoms with Gasteiger partial charge in [0.2, 0.25) is 0 Å². The van der Waals surface area contributed by atoms with E-state index in [1.807, 2.05) is 0 Å². The summed E-state index contributed by atoms with van der Waals surface area (Å²) in [5.41, 5.74) is 0. The Bertz CT molecular complexity index is 1460. The minimum absolute atomic E-state index is 0.0696. The fourth-order valence-corrected chi connectivity index (χ4v) is 10.8. The molecule has 0 bridgehead atoms. The molecule has 0 saturated carbocycles. The number of rotatable bonds is 67. The molecule has 6 heteroatoms. The van der Waals surface area contributed by atoms with E-state index < -0.39 is 6.10 Å². The lowest BCUT2D eigenvalue weighted by molar-refractivity contribution is -0.167. The summed E-state index contributed by atoms with van der Waals surface area (Å²) in [6.45, 7) is 6.57. The molecular weight excluding hydrogens is 1010 g/mol. The minimum Gasteiger partial charge on any atom is -0.462 e. The summed E-state index contributed by atoms with van der Waals surface area (Å²) in [6, 6.07) is 0. The highest BCUT2D eigenvalue weighted by Crippen LogP contribution is 2.19. The van der Waals surface area contributed by atoms with Gasteiger partial charge in [-0.3, -0.25) is 14.4 Å². The zero-order valence-electron chi connectivity index (χ0n) is 55.0. The molecule has 0 amide bonds. The van der Waals surface area contributed by atoms with Gasteiger partial charge >= 0.3 is 17.9 Å². The lowest BCUT2D eigenvalue weighted by Crippen LogP contribution is -2.30. The van der Waals surface area contributed by atoms with Crippen molar-refractivity contribution in [3.8, 4) is 0 Å². The number of carbonyl (C=O) groups is 3. The van der Waals surface area contributed by atoms with Crippen LogP contribution < -0.4 is 0 Å². The van der Waals surface area contributed by atoms with Gasteiger partial charge < -0.3 is 14.2 Å². The van der Waals surface area contributed by atoms with Crippen molar-refractivity contribution in [2.24, 2.45) is 0 Å². The van der Waals surface area contributed by atoms with Gasteiger partial charge in [-0.1, -0.05) is 345 Å². The lowest BCUT2D eigenvalue weighted by Gasteiger charge is -2.18. The second-order valence-corrected chi connectivity index (χ2v) is 24.5. The first kappa shape index (κ1) is 79.1. The number of hydrogen-bond acceptors (Lipinski definition) is 6. The lowest BCUT2D eigenvalue weighted by atomic mass is 10.0. The van der Waals surface area contributed by atoms with Crippen LogP contribution in [0.5, 0.6) is 0 Å². The van der Waals surface area contributed by atoms with Gasteiger partial charge in [0, 0.05) is 19.3 Å². The van der Waals surface area contributed by atoms with E-state index in [0.29, 0.717) is 19.3 Å². The van der Waals surface area contributed by atoms with Crippen LogP contribution in [0.15, 0.2) is 60.8 Å². The predicted octanol–water partition coefficient (Wildman–Crippen LogP) is 25.1. The Balaban J connectivity index is 4.07. The Labute approximate surface area is 510 Å². The van der Waals surface area contributed by atoms with Gasteiger partial charge in [0.05, 0.1) is 0 Å². The van der Waals surface area contributed by atoms with E-state index in [-0.39, 0.29) is 31.1 Å². The van der Waals surface area contributed by atoms with Gasteiger partial charge in [-0.2, -0.15) is 0 Å². The average molecular weight is 1150 g/mol. The summed E-state index contributed by atoms with van der Waals surface area (Å²) in [5.74, 6) is -0.851. The molecule has 6 nitrogen and oxygen atoms in total. The summed E-state index contributed by atoms with van der Waals surface area (Å²) >= 11 is 0. The molecule has 1 unspecified atom stereocenters. The van der Waals surface area contributed by atoms with Crippen LogP contribution in [0.25, 0.3) is 0 Å². The largest absolute Gasteiger partial charge is 0.462 e. The van der Waals surface area contributed by atoms with Crippen molar-refractivity contribution in [1.82, 2.24) is 0 Å². The Morgan fingerprint density at radius 1 is 0.256 bits per heavy atom. The van der Waals surface area contributed by atoms with E-state index in [0.717, 1.165) is 89.9 Å². The molecule has 0 aliphatic heterocycles. The first-order valence-electron chi connectivity index (χ1n) is 36.3. The van der Waals surface area contributed by atoms with Crippen molar-refractivity contribution < 1.29 is 28.6 Å². The van der Waals surface area contributed by atoms with Gasteiger partial charge in [0.15, 0.2) is 6.10 Å². The summed E-state index contributed by atoms with van der Waals surface area (Å²) in [6.07, 6.45) is 91.3. The third-order valence-corrected chi connectivity index (χ3v) is 16.3. The van der Waals surface area contributed by atoms with Crippen molar-refractivity contribution in [1.29, 1.82) is 0 Å². The maximum Gasteiger partial charge on any atom is 0.306 e. The van der Waals surface area contributed by atoms with Crippen LogP contribution in [0.4, 0.5) is 0 Å². The third-order valence-electron chi connectivity index (χ3n) is 16.3. The molecule has 0 rings (SSSR count). The Morgan fingerprint density at radius 2 is 0.476 bits per heavy atom. The molecule has 0 aromatic heterocycles. The molecule has 0 N–H and O–H groups in total. The van der Waals surface area contributed by atoms with E-state index in [9.17, 15) is 14.4 Å². The summed E-state index contributed by atoms with van der Waals surface area (Å²) in [5, 5.41) is 0. The number of ether oxygens (including phenoxy) is 3. The monoisotopic (exact) mass is 1150 g/mol. The zero-order chi connectivity index (χ0) is 59.2. The SMILES string of the molecule is CC/C=C\C/C=C\C/C=C\C/C=C\CCCCCCCCCCCCCCCCCCCCCCCCC(=O)OCC(COC(=O)CCCCCCC/C=C\CCCCCC)OC(=O)CCCCCCCCCCCCCCCCCC. The van der Waals surface area contributed by atoms with Crippen molar-refractivity contribution in [3.05, 3.63) is 60.8 Å². The molecule has 0 aliphatic rings. The molecule has 82 heavy (non-hydrogen) atoms. The van der Waals surface area contributed by atoms with Crippen molar-refractivity contribution >= 4 is 17.9 Å². The molecule has 0 saturated heterocycles. The Hall–Kier alpha value is -2.89. The highest BCUT2D eigenvalue weighted by Gasteiger charge is 2.19. The molecule has 1 atom stereocenters. The van der Waals surface area contributed by atoms with E-state index in [4.69, 9.17) is 14.2 Å². The van der Waals surface area contributed by atoms with Crippen LogP contribution in [0.2, 0.25) is 0 Å². The van der Waals surface area contributed by atoms with Gasteiger partial charge in [-0.15, -0.1) is 0 Å². The van der Waals surface area contributed by atoms with E-state index in [1.54, 1.807) is 0 Å². The number of esters is 3. The fraction of sp³-hybridized carbons (Fsp3) is 0.829. The van der Waals surface area contributed by atoms with Crippen LogP contribution >= 0.6 is 0 Å². The maximum atomic E-state index is 12.9.